The number of piperidine rings is 1. The predicted octanol–water partition coefficient (Wildman–Crippen LogP) is 5.94. The molecule has 3 aromatic rings. The van der Waals surface area contributed by atoms with Gasteiger partial charge in [0, 0.05) is 30.3 Å². The lowest BCUT2D eigenvalue weighted by molar-refractivity contribution is 0.299. The van der Waals surface area contributed by atoms with Gasteiger partial charge in [0.25, 0.3) is 0 Å². The predicted molar refractivity (Wildman–Crippen MR) is 104 cm³/mol. The molecule has 0 unspecified atom stereocenters. The van der Waals surface area contributed by atoms with Gasteiger partial charge in [0.2, 0.25) is 0 Å². The molecule has 0 atom stereocenters. The molecule has 1 fully saturated rings. The fourth-order valence-electron chi connectivity index (χ4n) is 3.35. The first-order valence-electron chi connectivity index (χ1n) is 8.36. The average Bonchev–Trinajstić information content (AvgIpc) is 3.05. The second-order valence-corrected chi connectivity index (χ2v) is 7.82. The molecule has 1 aliphatic heterocycles. The molecule has 1 saturated heterocycles. The Bertz CT molecular complexity index is 895. The Labute approximate surface area is 155 Å². The quantitative estimate of drug-likeness (QED) is 0.565. The molecule has 2 heterocycles. The first kappa shape index (κ1) is 16.6. The maximum absolute atomic E-state index is 13.2. The smallest absolute Gasteiger partial charge is 0.124 e. The van der Waals surface area contributed by atoms with Gasteiger partial charge in [0.15, 0.2) is 0 Å². The SMILES string of the molecule is C=C(c1ccc(F)cc1Cl)N1CCC(c2nc3ccccc3s2)CC1. The van der Waals surface area contributed by atoms with Gasteiger partial charge in [-0.05, 0) is 43.2 Å². The van der Waals surface area contributed by atoms with Crippen molar-refractivity contribution in [2.75, 3.05) is 13.1 Å². The molecule has 2 aromatic carbocycles. The maximum atomic E-state index is 13.2. The maximum Gasteiger partial charge on any atom is 0.124 e. The molecule has 0 amide bonds. The van der Waals surface area contributed by atoms with Crippen LogP contribution in [0.25, 0.3) is 15.9 Å². The van der Waals surface area contributed by atoms with Crippen LogP contribution in [-0.4, -0.2) is 23.0 Å². The molecule has 0 bridgehead atoms. The van der Waals surface area contributed by atoms with Crippen molar-refractivity contribution < 1.29 is 4.39 Å². The molecule has 1 aromatic heterocycles. The number of rotatable bonds is 3. The number of benzene rings is 2. The summed E-state index contributed by atoms with van der Waals surface area (Å²) in [6.45, 7) is 6.00. The lowest BCUT2D eigenvalue weighted by atomic mass is 9.96. The van der Waals surface area contributed by atoms with Crippen LogP contribution in [0, 0.1) is 5.82 Å². The Kier molecular flexibility index (Phi) is 4.48. The Morgan fingerprint density at radius 2 is 1.96 bits per heavy atom. The van der Waals surface area contributed by atoms with Crippen molar-refractivity contribution in [1.29, 1.82) is 0 Å². The molecule has 128 valence electrons. The zero-order chi connectivity index (χ0) is 17.4. The van der Waals surface area contributed by atoms with Gasteiger partial charge >= 0.3 is 0 Å². The summed E-state index contributed by atoms with van der Waals surface area (Å²) in [5, 5.41) is 1.64. The van der Waals surface area contributed by atoms with E-state index in [9.17, 15) is 4.39 Å². The van der Waals surface area contributed by atoms with E-state index in [1.807, 2.05) is 6.07 Å². The summed E-state index contributed by atoms with van der Waals surface area (Å²) >= 11 is 7.98. The third-order valence-electron chi connectivity index (χ3n) is 4.78. The highest BCUT2D eigenvalue weighted by atomic mass is 35.5. The van der Waals surface area contributed by atoms with E-state index in [-0.39, 0.29) is 5.82 Å². The van der Waals surface area contributed by atoms with E-state index in [0.29, 0.717) is 10.9 Å². The number of nitrogens with zero attached hydrogens (tertiary/aromatic N) is 2. The highest BCUT2D eigenvalue weighted by Gasteiger charge is 2.25. The third-order valence-corrected chi connectivity index (χ3v) is 6.29. The molecule has 4 rings (SSSR count). The minimum Gasteiger partial charge on any atom is -0.371 e. The van der Waals surface area contributed by atoms with Crippen molar-refractivity contribution in [1.82, 2.24) is 9.88 Å². The van der Waals surface area contributed by atoms with Crippen molar-refractivity contribution in [3.8, 4) is 0 Å². The summed E-state index contributed by atoms with van der Waals surface area (Å²) in [6, 6.07) is 12.8. The number of halogens is 2. The number of likely N-dealkylation sites (tertiary alicyclic amines) is 1. The van der Waals surface area contributed by atoms with E-state index in [1.54, 1.807) is 17.4 Å². The molecule has 0 spiro atoms. The van der Waals surface area contributed by atoms with Gasteiger partial charge in [-0.1, -0.05) is 30.3 Å². The van der Waals surface area contributed by atoms with Crippen LogP contribution in [0.5, 0.6) is 0 Å². The van der Waals surface area contributed by atoms with Gasteiger partial charge in [0.05, 0.1) is 20.2 Å². The lowest BCUT2D eigenvalue weighted by Crippen LogP contribution is -2.31. The van der Waals surface area contributed by atoms with E-state index in [2.05, 4.69) is 29.7 Å². The molecule has 0 aliphatic carbocycles. The van der Waals surface area contributed by atoms with Crippen LogP contribution < -0.4 is 0 Å². The number of para-hydroxylation sites is 1. The van der Waals surface area contributed by atoms with E-state index in [1.165, 1.54) is 21.8 Å². The zero-order valence-electron chi connectivity index (χ0n) is 13.7. The number of hydrogen-bond acceptors (Lipinski definition) is 3. The van der Waals surface area contributed by atoms with Crippen molar-refractivity contribution in [2.45, 2.75) is 18.8 Å². The van der Waals surface area contributed by atoms with Crippen LogP contribution in [0.3, 0.4) is 0 Å². The minimum absolute atomic E-state index is 0.323. The molecule has 5 heteroatoms. The zero-order valence-corrected chi connectivity index (χ0v) is 15.3. The highest BCUT2D eigenvalue weighted by molar-refractivity contribution is 7.18. The van der Waals surface area contributed by atoms with E-state index in [4.69, 9.17) is 16.6 Å². The van der Waals surface area contributed by atoms with Crippen LogP contribution in [0.1, 0.15) is 29.3 Å². The second kappa shape index (κ2) is 6.77. The number of hydrogen-bond donors (Lipinski definition) is 0. The molecular weight excluding hydrogens is 355 g/mol. The molecule has 25 heavy (non-hydrogen) atoms. The van der Waals surface area contributed by atoms with Crippen LogP contribution in [0.15, 0.2) is 49.0 Å². The normalized spacial score (nSPS) is 15.7. The van der Waals surface area contributed by atoms with Crippen molar-refractivity contribution >= 4 is 38.9 Å². The fraction of sp³-hybridized carbons (Fsp3) is 0.250. The standard InChI is InChI=1S/C20H18ClFN2S/c1-13(16-7-6-15(22)12-17(16)21)24-10-8-14(9-11-24)20-23-18-4-2-3-5-19(18)25-20/h2-7,12,14H,1,8-11H2. The summed E-state index contributed by atoms with van der Waals surface area (Å²) in [6.07, 6.45) is 2.08. The summed E-state index contributed by atoms with van der Waals surface area (Å²) in [7, 11) is 0. The largest absolute Gasteiger partial charge is 0.371 e. The summed E-state index contributed by atoms with van der Waals surface area (Å²) in [5.74, 6) is 0.168. The number of fused-ring (bicyclic) bond motifs is 1. The topological polar surface area (TPSA) is 16.1 Å². The Morgan fingerprint density at radius 1 is 1.20 bits per heavy atom. The van der Waals surface area contributed by atoms with E-state index >= 15 is 0 Å². The van der Waals surface area contributed by atoms with Crippen LogP contribution >= 0.6 is 22.9 Å². The van der Waals surface area contributed by atoms with Crippen molar-refractivity contribution in [2.24, 2.45) is 0 Å². The minimum atomic E-state index is -0.323. The number of aromatic nitrogens is 1. The molecule has 0 N–H and O–H groups in total. The van der Waals surface area contributed by atoms with Crippen LogP contribution in [0.2, 0.25) is 5.02 Å². The molecule has 0 radical (unpaired) electrons. The van der Waals surface area contributed by atoms with Gasteiger partial charge < -0.3 is 4.90 Å². The van der Waals surface area contributed by atoms with E-state index in [0.717, 1.165) is 42.7 Å². The monoisotopic (exact) mass is 372 g/mol. The van der Waals surface area contributed by atoms with E-state index < -0.39 is 0 Å². The first-order chi connectivity index (χ1) is 12.1. The van der Waals surface area contributed by atoms with Gasteiger partial charge in [0.1, 0.15) is 5.82 Å². The van der Waals surface area contributed by atoms with Gasteiger partial charge in [-0.3, -0.25) is 0 Å². The summed E-state index contributed by atoms with van der Waals surface area (Å²) < 4.78 is 14.5. The number of thiazole rings is 1. The highest BCUT2D eigenvalue weighted by Crippen LogP contribution is 2.36. The van der Waals surface area contributed by atoms with Gasteiger partial charge in [-0.25, -0.2) is 9.37 Å². The summed E-state index contributed by atoms with van der Waals surface area (Å²) in [4.78, 5) is 7.04. The molecule has 2 nitrogen and oxygen atoms in total. The average molecular weight is 373 g/mol. The Hall–Kier alpha value is -1.91. The molecular formula is C20H18ClFN2S. The van der Waals surface area contributed by atoms with Crippen molar-refractivity contribution in [3.05, 3.63) is 70.5 Å². The van der Waals surface area contributed by atoms with Crippen molar-refractivity contribution in [3.63, 3.8) is 0 Å². The third kappa shape index (κ3) is 3.29. The van der Waals surface area contributed by atoms with Crippen LogP contribution in [0.4, 0.5) is 4.39 Å². The van der Waals surface area contributed by atoms with Crippen LogP contribution in [-0.2, 0) is 0 Å². The molecule has 0 saturated carbocycles. The summed E-state index contributed by atoms with van der Waals surface area (Å²) in [5.41, 5.74) is 2.77. The van der Waals surface area contributed by atoms with Gasteiger partial charge in [-0.2, -0.15) is 0 Å². The fourth-order valence-corrected chi connectivity index (χ4v) is 4.77. The van der Waals surface area contributed by atoms with Gasteiger partial charge in [-0.15, -0.1) is 11.3 Å². The molecule has 1 aliphatic rings. The first-order valence-corrected chi connectivity index (χ1v) is 9.56. The Morgan fingerprint density at radius 3 is 2.68 bits per heavy atom. The lowest BCUT2D eigenvalue weighted by Gasteiger charge is -2.34. The second-order valence-electron chi connectivity index (χ2n) is 6.35. The Balaban J connectivity index is 1.46.